The van der Waals surface area contributed by atoms with E-state index < -0.39 is 12.8 Å². The number of aryl methyl sites for hydroxylation is 2. The Hall–Kier alpha value is -2.94. The standard InChI is InChI=1S/C18H13ClF3N5O/c1-9-3-6-14-17(23-9)27-15(10(2)24-14)25-26-16(27)12-7-11(4-5-13(12)19)28-8-18(20,21)22/h3-7H,8H2,1-2H3. The van der Waals surface area contributed by atoms with Crippen LogP contribution in [0.1, 0.15) is 11.4 Å². The summed E-state index contributed by atoms with van der Waals surface area (Å²) in [5.74, 6) is 0.360. The summed E-state index contributed by atoms with van der Waals surface area (Å²) in [5, 5.41) is 8.64. The highest BCUT2D eigenvalue weighted by molar-refractivity contribution is 6.33. The maximum Gasteiger partial charge on any atom is 0.422 e. The zero-order valence-electron chi connectivity index (χ0n) is 14.8. The number of pyridine rings is 1. The van der Waals surface area contributed by atoms with Crippen LogP contribution in [0.25, 0.3) is 28.2 Å². The summed E-state index contributed by atoms with van der Waals surface area (Å²) in [4.78, 5) is 9.00. The van der Waals surface area contributed by atoms with E-state index in [9.17, 15) is 13.2 Å². The van der Waals surface area contributed by atoms with Crippen molar-refractivity contribution in [2.45, 2.75) is 20.0 Å². The van der Waals surface area contributed by atoms with Crippen molar-refractivity contribution < 1.29 is 17.9 Å². The second kappa shape index (κ2) is 6.59. The van der Waals surface area contributed by atoms with Crippen LogP contribution < -0.4 is 4.74 Å². The molecule has 0 bridgehead atoms. The van der Waals surface area contributed by atoms with E-state index in [4.69, 9.17) is 16.3 Å². The van der Waals surface area contributed by atoms with Gasteiger partial charge < -0.3 is 4.74 Å². The number of alkyl halides is 3. The highest BCUT2D eigenvalue weighted by Gasteiger charge is 2.28. The van der Waals surface area contributed by atoms with E-state index in [1.165, 1.54) is 18.2 Å². The average molecular weight is 408 g/mol. The molecule has 0 spiro atoms. The van der Waals surface area contributed by atoms with Crippen LogP contribution in [-0.4, -0.2) is 37.3 Å². The minimum atomic E-state index is -4.44. The zero-order chi connectivity index (χ0) is 20.1. The maximum atomic E-state index is 12.5. The SMILES string of the molecule is Cc1ccc2nc(C)c3nnc(-c4cc(OCC(F)(F)F)ccc4Cl)n3c2n1. The molecule has 1 aromatic carbocycles. The first-order valence-electron chi connectivity index (χ1n) is 8.21. The van der Waals surface area contributed by atoms with Crippen LogP contribution in [0.15, 0.2) is 30.3 Å². The van der Waals surface area contributed by atoms with Gasteiger partial charge in [0, 0.05) is 11.3 Å². The molecule has 3 aromatic heterocycles. The lowest BCUT2D eigenvalue weighted by atomic mass is 10.2. The van der Waals surface area contributed by atoms with E-state index in [1.54, 1.807) is 11.3 Å². The van der Waals surface area contributed by atoms with Crippen molar-refractivity contribution in [1.82, 2.24) is 24.6 Å². The Morgan fingerprint density at radius 2 is 1.82 bits per heavy atom. The molecule has 0 amide bonds. The fourth-order valence-electron chi connectivity index (χ4n) is 2.84. The van der Waals surface area contributed by atoms with E-state index in [0.29, 0.717) is 38.9 Å². The van der Waals surface area contributed by atoms with Crippen molar-refractivity contribution in [2.75, 3.05) is 6.61 Å². The predicted octanol–water partition coefficient (Wildman–Crippen LogP) is 4.55. The van der Waals surface area contributed by atoms with Crippen molar-refractivity contribution in [3.8, 4) is 17.1 Å². The van der Waals surface area contributed by atoms with Gasteiger partial charge in [-0.1, -0.05) is 11.6 Å². The van der Waals surface area contributed by atoms with Crippen LogP contribution in [-0.2, 0) is 0 Å². The van der Waals surface area contributed by atoms with Crippen LogP contribution in [0.3, 0.4) is 0 Å². The molecule has 0 N–H and O–H groups in total. The first-order chi connectivity index (χ1) is 13.2. The Kier molecular flexibility index (Phi) is 4.34. The smallest absolute Gasteiger partial charge is 0.422 e. The largest absolute Gasteiger partial charge is 0.484 e. The summed E-state index contributed by atoms with van der Waals surface area (Å²) in [6, 6.07) is 7.90. The first-order valence-corrected chi connectivity index (χ1v) is 8.59. The molecule has 0 saturated carbocycles. The molecular weight excluding hydrogens is 395 g/mol. The van der Waals surface area contributed by atoms with Gasteiger partial charge in [0.25, 0.3) is 0 Å². The topological polar surface area (TPSA) is 65.2 Å². The molecule has 144 valence electrons. The van der Waals surface area contributed by atoms with E-state index in [0.717, 1.165) is 5.69 Å². The quantitative estimate of drug-likeness (QED) is 0.498. The number of fused-ring (bicyclic) bond motifs is 3. The second-order valence-corrected chi connectivity index (χ2v) is 6.63. The number of rotatable bonds is 3. The minimum absolute atomic E-state index is 0.0210. The van der Waals surface area contributed by atoms with Crippen LogP contribution in [0, 0.1) is 13.8 Å². The Morgan fingerprint density at radius 3 is 2.57 bits per heavy atom. The van der Waals surface area contributed by atoms with Gasteiger partial charge in [0.2, 0.25) is 0 Å². The third kappa shape index (κ3) is 3.33. The number of hydrogen-bond donors (Lipinski definition) is 0. The van der Waals surface area contributed by atoms with Crippen molar-refractivity contribution in [3.05, 3.63) is 46.7 Å². The molecule has 0 fully saturated rings. The zero-order valence-corrected chi connectivity index (χ0v) is 15.5. The minimum Gasteiger partial charge on any atom is -0.484 e. The van der Waals surface area contributed by atoms with E-state index >= 15 is 0 Å². The summed E-state index contributed by atoms with van der Waals surface area (Å²) < 4.78 is 43.9. The maximum absolute atomic E-state index is 12.5. The molecule has 0 aliphatic rings. The number of nitrogens with zero attached hydrogens (tertiary/aromatic N) is 5. The van der Waals surface area contributed by atoms with Crippen LogP contribution >= 0.6 is 11.6 Å². The number of hydrogen-bond acceptors (Lipinski definition) is 5. The molecule has 0 radical (unpaired) electrons. The first kappa shape index (κ1) is 18.4. The van der Waals surface area contributed by atoms with Gasteiger partial charge in [-0.25, -0.2) is 9.97 Å². The molecule has 6 nitrogen and oxygen atoms in total. The Balaban J connectivity index is 1.92. The van der Waals surface area contributed by atoms with E-state index in [1.807, 2.05) is 19.1 Å². The predicted molar refractivity (Wildman–Crippen MR) is 97.6 cm³/mol. The Morgan fingerprint density at radius 1 is 1.04 bits per heavy atom. The van der Waals surface area contributed by atoms with Crippen molar-refractivity contribution >= 4 is 28.4 Å². The van der Waals surface area contributed by atoms with Gasteiger partial charge in [0.05, 0.1) is 10.7 Å². The lowest BCUT2D eigenvalue weighted by Crippen LogP contribution is -2.19. The third-order valence-electron chi connectivity index (χ3n) is 4.06. The molecule has 0 saturated heterocycles. The second-order valence-electron chi connectivity index (χ2n) is 6.22. The summed E-state index contributed by atoms with van der Waals surface area (Å²) >= 11 is 6.31. The number of ether oxygens (including phenoxy) is 1. The fraction of sp³-hybridized carbons (Fsp3) is 0.222. The van der Waals surface area contributed by atoms with Crippen molar-refractivity contribution in [1.29, 1.82) is 0 Å². The summed E-state index contributed by atoms with van der Waals surface area (Å²) in [6.45, 7) is 2.23. The third-order valence-corrected chi connectivity index (χ3v) is 4.39. The molecule has 0 atom stereocenters. The normalized spacial score (nSPS) is 12.1. The van der Waals surface area contributed by atoms with Gasteiger partial charge in [-0.15, -0.1) is 10.2 Å². The molecule has 0 aliphatic heterocycles. The number of aromatic nitrogens is 5. The molecule has 4 rings (SSSR count). The number of benzene rings is 1. The van der Waals surface area contributed by atoms with Crippen molar-refractivity contribution in [3.63, 3.8) is 0 Å². The molecule has 0 unspecified atom stereocenters. The van der Waals surface area contributed by atoms with E-state index in [2.05, 4.69) is 20.2 Å². The number of halogens is 4. The molecule has 0 aliphatic carbocycles. The molecule has 3 heterocycles. The molecular formula is C18H13ClF3N5O. The Bertz CT molecular complexity index is 1210. The van der Waals surface area contributed by atoms with Crippen molar-refractivity contribution in [2.24, 2.45) is 0 Å². The van der Waals surface area contributed by atoms with Gasteiger partial charge in [0.15, 0.2) is 23.7 Å². The van der Waals surface area contributed by atoms with Gasteiger partial charge >= 0.3 is 6.18 Å². The van der Waals surface area contributed by atoms with Crippen LogP contribution in [0.2, 0.25) is 5.02 Å². The van der Waals surface area contributed by atoms with Crippen LogP contribution in [0.4, 0.5) is 13.2 Å². The summed E-state index contributed by atoms with van der Waals surface area (Å²) in [5.41, 5.74) is 3.43. The van der Waals surface area contributed by atoms with Gasteiger partial charge in [0.1, 0.15) is 11.3 Å². The lowest BCUT2D eigenvalue weighted by molar-refractivity contribution is -0.153. The fourth-order valence-corrected chi connectivity index (χ4v) is 3.04. The average Bonchev–Trinajstić information content (AvgIpc) is 3.07. The van der Waals surface area contributed by atoms with Gasteiger partial charge in [-0.05, 0) is 44.2 Å². The molecule has 28 heavy (non-hydrogen) atoms. The highest BCUT2D eigenvalue weighted by atomic mass is 35.5. The monoisotopic (exact) mass is 407 g/mol. The summed E-state index contributed by atoms with van der Waals surface area (Å²) in [7, 11) is 0. The summed E-state index contributed by atoms with van der Waals surface area (Å²) in [6.07, 6.45) is -4.44. The lowest BCUT2D eigenvalue weighted by Gasteiger charge is -2.11. The van der Waals surface area contributed by atoms with Gasteiger partial charge in [-0.3, -0.25) is 4.40 Å². The van der Waals surface area contributed by atoms with Crippen LogP contribution in [0.5, 0.6) is 5.75 Å². The molecule has 10 heteroatoms. The van der Waals surface area contributed by atoms with E-state index in [-0.39, 0.29) is 5.75 Å². The Labute approximate surface area is 162 Å². The molecule has 4 aromatic rings. The van der Waals surface area contributed by atoms with Gasteiger partial charge in [-0.2, -0.15) is 13.2 Å². The highest BCUT2D eigenvalue weighted by Crippen LogP contribution is 2.32.